The third kappa shape index (κ3) is 2.52. The Balaban J connectivity index is 2.11. The number of methoxy groups -OCH3 is 1. The molecule has 1 aromatic heterocycles. The van der Waals surface area contributed by atoms with Gasteiger partial charge in [-0.15, -0.1) is 0 Å². The van der Waals surface area contributed by atoms with Gasteiger partial charge in [-0.25, -0.2) is 0 Å². The summed E-state index contributed by atoms with van der Waals surface area (Å²) in [7, 11) is 1.71. The van der Waals surface area contributed by atoms with Crippen molar-refractivity contribution < 1.29 is 4.74 Å². The standard InChI is InChI=1S/C18H20N2O/c1-13-7-8-18(21-2)15(9-13)12-20-16(11-19)10-14-5-3-4-6-17(14)20/h3-10H,11-12,19H2,1-2H3. The smallest absolute Gasteiger partial charge is 0.123 e. The lowest BCUT2D eigenvalue weighted by molar-refractivity contribution is 0.408. The predicted octanol–water partition coefficient (Wildman–Crippen LogP) is 3.47. The van der Waals surface area contributed by atoms with Crippen molar-refractivity contribution in [2.45, 2.75) is 20.0 Å². The molecule has 0 radical (unpaired) electrons. The number of para-hydroxylation sites is 1. The maximum absolute atomic E-state index is 5.92. The van der Waals surface area contributed by atoms with Crippen molar-refractivity contribution in [2.75, 3.05) is 7.11 Å². The first kappa shape index (κ1) is 13.7. The lowest BCUT2D eigenvalue weighted by Crippen LogP contribution is -2.09. The molecular weight excluding hydrogens is 260 g/mol. The van der Waals surface area contributed by atoms with E-state index in [-0.39, 0.29) is 0 Å². The molecule has 21 heavy (non-hydrogen) atoms. The zero-order valence-corrected chi connectivity index (χ0v) is 12.5. The van der Waals surface area contributed by atoms with Crippen molar-refractivity contribution in [1.29, 1.82) is 0 Å². The third-order valence-electron chi connectivity index (χ3n) is 3.87. The van der Waals surface area contributed by atoms with Gasteiger partial charge in [-0.3, -0.25) is 0 Å². The number of rotatable bonds is 4. The highest BCUT2D eigenvalue weighted by molar-refractivity contribution is 5.81. The molecule has 0 atom stereocenters. The molecule has 0 saturated carbocycles. The molecule has 0 fully saturated rings. The maximum Gasteiger partial charge on any atom is 0.123 e. The van der Waals surface area contributed by atoms with Crippen LogP contribution in [0.1, 0.15) is 16.8 Å². The normalized spacial score (nSPS) is 11.0. The van der Waals surface area contributed by atoms with Crippen molar-refractivity contribution >= 4 is 10.9 Å². The molecule has 2 N–H and O–H groups in total. The quantitative estimate of drug-likeness (QED) is 0.795. The number of benzene rings is 2. The summed E-state index contributed by atoms with van der Waals surface area (Å²) in [5, 5.41) is 1.23. The highest BCUT2D eigenvalue weighted by Crippen LogP contribution is 2.25. The van der Waals surface area contributed by atoms with Crippen LogP contribution >= 0.6 is 0 Å². The van der Waals surface area contributed by atoms with Crippen LogP contribution in [0, 0.1) is 6.92 Å². The largest absolute Gasteiger partial charge is 0.496 e. The first-order valence-electron chi connectivity index (χ1n) is 7.13. The molecule has 3 nitrogen and oxygen atoms in total. The molecule has 0 spiro atoms. The molecule has 0 unspecified atom stereocenters. The zero-order chi connectivity index (χ0) is 14.8. The Kier molecular flexibility index (Phi) is 3.67. The average molecular weight is 280 g/mol. The van der Waals surface area contributed by atoms with Crippen LogP contribution < -0.4 is 10.5 Å². The van der Waals surface area contributed by atoms with Crippen molar-refractivity contribution in [3.63, 3.8) is 0 Å². The van der Waals surface area contributed by atoms with Gasteiger partial charge in [0.05, 0.1) is 13.7 Å². The molecule has 3 aromatic rings. The van der Waals surface area contributed by atoms with Crippen LogP contribution in [0.3, 0.4) is 0 Å². The summed E-state index contributed by atoms with van der Waals surface area (Å²) in [6.07, 6.45) is 0. The highest BCUT2D eigenvalue weighted by atomic mass is 16.5. The van der Waals surface area contributed by atoms with E-state index in [0.717, 1.165) is 18.0 Å². The Morgan fingerprint density at radius 1 is 1.10 bits per heavy atom. The Labute approximate surface area is 125 Å². The summed E-state index contributed by atoms with van der Waals surface area (Å²) in [6.45, 7) is 3.40. The summed E-state index contributed by atoms with van der Waals surface area (Å²) >= 11 is 0. The van der Waals surface area contributed by atoms with E-state index < -0.39 is 0 Å². The first-order valence-corrected chi connectivity index (χ1v) is 7.13. The first-order chi connectivity index (χ1) is 10.2. The van der Waals surface area contributed by atoms with E-state index in [4.69, 9.17) is 10.5 Å². The second-order valence-corrected chi connectivity index (χ2v) is 5.30. The van der Waals surface area contributed by atoms with Crippen LogP contribution in [-0.4, -0.2) is 11.7 Å². The summed E-state index contributed by atoms with van der Waals surface area (Å²) in [5.41, 5.74) is 10.7. The Bertz CT molecular complexity index is 774. The molecule has 3 heteroatoms. The molecule has 0 aliphatic heterocycles. The Hall–Kier alpha value is -2.26. The fourth-order valence-corrected chi connectivity index (χ4v) is 2.82. The minimum Gasteiger partial charge on any atom is -0.496 e. The van der Waals surface area contributed by atoms with Crippen molar-refractivity contribution in [2.24, 2.45) is 5.73 Å². The van der Waals surface area contributed by atoms with Gasteiger partial charge in [0.2, 0.25) is 0 Å². The fraction of sp³-hybridized carbons (Fsp3) is 0.222. The van der Waals surface area contributed by atoms with E-state index in [9.17, 15) is 0 Å². The van der Waals surface area contributed by atoms with Crippen LogP contribution in [0.15, 0.2) is 48.5 Å². The number of hydrogen-bond acceptors (Lipinski definition) is 2. The highest BCUT2D eigenvalue weighted by Gasteiger charge is 2.10. The number of fused-ring (bicyclic) bond motifs is 1. The Morgan fingerprint density at radius 3 is 2.67 bits per heavy atom. The summed E-state index contributed by atoms with van der Waals surface area (Å²) in [6, 6.07) is 16.8. The maximum atomic E-state index is 5.92. The van der Waals surface area contributed by atoms with Crippen LogP contribution in [0.25, 0.3) is 10.9 Å². The molecule has 108 valence electrons. The van der Waals surface area contributed by atoms with Crippen LogP contribution in [-0.2, 0) is 13.1 Å². The lowest BCUT2D eigenvalue weighted by atomic mass is 10.1. The fourth-order valence-electron chi connectivity index (χ4n) is 2.82. The molecule has 0 aliphatic rings. The number of aromatic nitrogens is 1. The van der Waals surface area contributed by atoms with Gasteiger partial charge >= 0.3 is 0 Å². The van der Waals surface area contributed by atoms with E-state index in [0.29, 0.717) is 6.54 Å². The van der Waals surface area contributed by atoms with Gasteiger partial charge in [-0.1, -0.05) is 35.9 Å². The molecule has 0 amide bonds. The third-order valence-corrected chi connectivity index (χ3v) is 3.87. The van der Waals surface area contributed by atoms with E-state index in [1.165, 1.54) is 22.0 Å². The number of nitrogens with zero attached hydrogens (tertiary/aromatic N) is 1. The molecular formula is C18H20N2O. The SMILES string of the molecule is COc1ccc(C)cc1Cn1c(CN)cc2ccccc21. The predicted molar refractivity (Wildman–Crippen MR) is 86.7 cm³/mol. The van der Waals surface area contributed by atoms with Crippen molar-refractivity contribution in [1.82, 2.24) is 4.57 Å². The average Bonchev–Trinajstić information content (AvgIpc) is 2.86. The van der Waals surface area contributed by atoms with Gasteiger partial charge in [-0.05, 0) is 30.5 Å². The summed E-state index contributed by atoms with van der Waals surface area (Å²) in [4.78, 5) is 0. The molecule has 1 heterocycles. The van der Waals surface area contributed by atoms with Gasteiger partial charge in [0.15, 0.2) is 0 Å². The molecule has 2 aromatic carbocycles. The van der Waals surface area contributed by atoms with Gasteiger partial charge in [0, 0.05) is 23.3 Å². The van der Waals surface area contributed by atoms with Crippen LogP contribution in [0.2, 0.25) is 0 Å². The van der Waals surface area contributed by atoms with E-state index in [2.05, 4.69) is 54.0 Å². The summed E-state index contributed by atoms with van der Waals surface area (Å²) in [5.74, 6) is 0.918. The van der Waals surface area contributed by atoms with E-state index >= 15 is 0 Å². The second-order valence-electron chi connectivity index (χ2n) is 5.30. The minimum atomic E-state index is 0.531. The monoisotopic (exact) mass is 280 g/mol. The lowest BCUT2D eigenvalue weighted by Gasteiger charge is -2.14. The van der Waals surface area contributed by atoms with E-state index in [1.54, 1.807) is 7.11 Å². The van der Waals surface area contributed by atoms with Crippen molar-refractivity contribution in [3.8, 4) is 5.75 Å². The number of aryl methyl sites for hydroxylation is 1. The molecule has 0 aliphatic carbocycles. The minimum absolute atomic E-state index is 0.531. The molecule has 0 saturated heterocycles. The number of nitrogens with two attached hydrogens (primary N) is 1. The van der Waals surface area contributed by atoms with Gasteiger partial charge in [-0.2, -0.15) is 0 Å². The topological polar surface area (TPSA) is 40.2 Å². The van der Waals surface area contributed by atoms with Crippen LogP contribution in [0.5, 0.6) is 5.75 Å². The van der Waals surface area contributed by atoms with Crippen LogP contribution in [0.4, 0.5) is 0 Å². The molecule has 0 bridgehead atoms. The summed E-state index contributed by atoms with van der Waals surface area (Å²) < 4.78 is 7.76. The van der Waals surface area contributed by atoms with Gasteiger partial charge in [0.1, 0.15) is 5.75 Å². The van der Waals surface area contributed by atoms with E-state index in [1.807, 2.05) is 6.07 Å². The second kappa shape index (κ2) is 5.62. The molecule has 3 rings (SSSR count). The van der Waals surface area contributed by atoms with Gasteiger partial charge < -0.3 is 15.0 Å². The van der Waals surface area contributed by atoms with Crippen molar-refractivity contribution in [3.05, 3.63) is 65.4 Å². The zero-order valence-electron chi connectivity index (χ0n) is 12.5. The number of hydrogen-bond donors (Lipinski definition) is 1. The van der Waals surface area contributed by atoms with Gasteiger partial charge in [0.25, 0.3) is 0 Å². The number of ether oxygens (including phenoxy) is 1. The Morgan fingerprint density at radius 2 is 1.90 bits per heavy atom.